The molecule has 2 aliphatic rings. The van der Waals surface area contributed by atoms with Gasteiger partial charge in [-0.15, -0.1) is 0 Å². The molecule has 2 rings (SSSR count). The van der Waals surface area contributed by atoms with E-state index in [1.165, 1.54) is 44.9 Å². The molecule has 0 aromatic rings. The van der Waals surface area contributed by atoms with Crippen molar-refractivity contribution in [2.24, 2.45) is 5.92 Å². The molecule has 0 heterocycles. The molecule has 1 N–H and O–H groups in total. The lowest BCUT2D eigenvalue weighted by Crippen LogP contribution is -2.36. The van der Waals surface area contributed by atoms with Crippen molar-refractivity contribution in [3.63, 3.8) is 0 Å². The maximum absolute atomic E-state index is 11.8. The second-order valence-electron chi connectivity index (χ2n) is 5.84. The molecule has 0 aliphatic heterocycles. The number of rotatable bonds is 5. The van der Waals surface area contributed by atoms with E-state index in [1.54, 1.807) is 0 Å². The minimum absolute atomic E-state index is 0.0488. The number of ether oxygens (including phenoxy) is 1. The summed E-state index contributed by atoms with van der Waals surface area (Å²) in [6.07, 6.45) is 11.1. The van der Waals surface area contributed by atoms with E-state index < -0.39 is 0 Å². The lowest BCUT2D eigenvalue weighted by molar-refractivity contribution is -0.152. The van der Waals surface area contributed by atoms with Crippen LogP contribution in [-0.2, 0) is 9.53 Å². The van der Waals surface area contributed by atoms with Crippen molar-refractivity contribution in [2.45, 2.75) is 76.9 Å². The quantitative estimate of drug-likeness (QED) is 0.765. The van der Waals surface area contributed by atoms with Crippen LogP contribution in [0.1, 0.15) is 64.7 Å². The van der Waals surface area contributed by atoms with Gasteiger partial charge in [0.2, 0.25) is 0 Å². The molecule has 0 amide bonds. The Hall–Kier alpha value is -0.570. The summed E-state index contributed by atoms with van der Waals surface area (Å²) in [6, 6.07) is 0.547. The van der Waals surface area contributed by atoms with Crippen LogP contribution >= 0.6 is 0 Å². The molecule has 2 fully saturated rings. The second kappa shape index (κ2) is 7.13. The summed E-state index contributed by atoms with van der Waals surface area (Å²) in [6.45, 7) is 2.60. The summed E-state index contributed by atoms with van der Waals surface area (Å²) in [7, 11) is 0. The highest BCUT2D eigenvalue weighted by Gasteiger charge is 2.27. The van der Waals surface area contributed by atoms with Crippen molar-refractivity contribution in [1.29, 1.82) is 0 Å². The molecule has 0 saturated heterocycles. The first-order valence-electron chi connectivity index (χ1n) is 7.72. The number of hydrogen-bond donors (Lipinski definition) is 1. The largest absolute Gasteiger partial charge is 0.461 e. The molecular weight excluding hydrogens is 226 g/mol. The predicted molar refractivity (Wildman–Crippen MR) is 72.4 cm³/mol. The Kier molecular flexibility index (Phi) is 5.48. The molecule has 18 heavy (non-hydrogen) atoms. The fraction of sp³-hybridized carbons (Fsp3) is 0.933. The van der Waals surface area contributed by atoms with E-state index in [0.717, 1.165) is 12.8 Å². The average molecular weight is 253 g/mol. The van der Waals surface area contributed by atoms with Crippen LogP contribution in [0.4, 0.5) is 0 Å². The number of esters is 1. The van der Waals surface area contributed by atoms with E-state index in [-0.39, 0.29) is 12.1 Å². The third-order valence-corrected chi connectivity index (χ3v) is 4.54. The maximum atomic E-state index is 11.8. The lowest BCUT2D eigenvalue weighted by Gasteiger charge is -2.30. The minimum Gasteiger partial charge on any atom is -0.461 e. The molecule has 0 radical (unpaired) electrons. The van der Waals surface area contributed by atoms with Gasteiger partial charge in [0, 0.05) is 6.04 Å². The van der Waals surface area contributed by atoms with E-state index >= 15 is 0 Å². The van der Waals surface area contributed by atoms with Gasteiger partial charge in [-0.25, -0.2) is 0 Å². The van der Waals surface area contributed by atoms with Crippen LogP contribution in [0.3, 0.4) is 0 Å². The Balaban J connectivity index is 1.68. The highest BCUT2D eigenvalue weighted by Crippen LogP contribution is 2.29. The second-order valence-corrected chi connectivity index (χ2v) is 5.84. The molecule has 2 aliphatic carbocycles. The molecule has 104 valence electrons. The van der Waals surface area contributed by atoms with Gasteiger partial charge in [-0.3, -0.25) is 4.79 Å². The fourth-order valence-electron chi connectivity index (χ4n) is 3.36. The Labute approximate surface area is 111 Å². The van der Waals surface area contributed by atoms with Crippen LogP contribution in [0, 0.1) is 5.92 Å². The van der Waals surface area contributed by atoms with Gasteiger partial charge in [-0.1, -0.05) is 26.2 Å². The summed E-state index contributed by atoms with van der Waals surface area (Å²) in [5.74, 6) is 0.543. The Morgan fingerprint density at radius 2 is 1.78 bits per heavy atom. The first-order valence-corrected chi connectivity index (χ1v) is 7.72. The van der Waals surface area contributed by atoms with Gasteiger partial charge in [0.15, 0.2) is 0 Å². The van der Waals surface area contributed by atoms with Crippen LogP contribution in [0.25, 0.3) is 0 Å². The van der Waals surface area contributed by atoms with Gasteiger partial charge < -0.3 is 10.1 Å². The zero-order chi connectivity index (χ0) is 12.8. The average Bonchev–Trinajstić information content (AvgIpc) is 2.90. The van der Waals surface area contributed by atoms with Crippen LogP contribution in [0.15, 0.2) is 0 Å². The molecule has 0 aromatic carbocycles. The van der Waals surface area contributed by atoms with Crippen LogP contribution in [0.2, 0.25) is 0 Å². The van der Waals surface area contributed by atoms with Gasteiger partial charge in [0.05, 0.1) is 6.54 Å². The topological polar surface area (TPSA) is 38.3 Å². The first kappa shape index (κ1) is 13.9. The molecule has 0 spiro atoms. The van der Waals surface area contributed by atoms with Crippen LogP contribution in [-0.4, -0.2) is 24.7 Å². The van der Waals surface area contributed by atoms with Crippen molar-refractivity contribution in [1.82, 2.24) is 5.32 Å². The monoisotopic (exact) mass is 253 g/mol. The first-order chi connectivity index (χ1) is 8.79. The fourth-order valence-corrected chi connectivity index (χ4v) is 3.36. The summed E-state index contributed by atoms with van der Waals surface area (Å²) in [5.41, 5.74) is 0. The van der Waals surface area contributed by atoms with Gasteiger partial charge in [0.1, 0.15) is 6.10 Å². The molecular formula is C15H27NO2. The number of carbonyl (C=O) groups excluding carboxylic acids is 1. The van der Waals surface area contributed by atoms with Crippen LogP contribution in [0.5, 0.6) is 0 Å². The highest BCUT2D eigenvalue weighted by atomic mass is 16.5. The minimum atomic E-state index is -0.0488. The Morgan fingerprint density at radius 1 is 1.11 bits per heavy atom. The zero-order valence-corrected chi connectivity index (χ0v) is 11.6. The lowest BCUT2D eigenvalue weighted by atomic mass is 9.85. The third kappa shape index (κ3) is 3.98. The SMILES string of the molecule is CCC1CCCCC1OC(=O)CNC1CCCC1. The summed E-state index contributed by atoms with van der Waals surface area (Å²) in [5, 5.41) is 3.33. The van der Waals surface area contributed by atoms with Crippen molar-refractivity contribution in [3.05, 3.63) is 0 Å². The molecule has 2 atom stereocenters. The number of nitrogens with one attached hydrogen (secondary N) is 1. The van der Waals surface area contributed by atoms with Crippen LogP contribution < -0.4 is 5.32 Å². The van der Waals surface area contributed by atoms with Crippen molar-refractivity contribution < 1.29 is 9.53 Å². The van der Waals surface area contributed by atoms with Gasteiger partial charge in [0.25, 0.3) is 0 Å². The van der Waals surface area contributed by atoms with E-state index in [0.29, 0.717) is 18.5 Å². The molecule has 2 saturated carbocycles. The van der Waals surface area contributed by atoms with Gasteiger partial charge >= 0.3 is 5.97 Å². The summed E-state index contributed by atoms with van der Waals surface area (Å²) < 4.78 is 5.65. The number of carbonyl (C=O) groups is 1. The van der Waals surface area contributed by atoms with E-state index in [9.17, 15) is 4.79 Å². The Bertz CT molecular complexity index is 261. The maximum Gasteiger partial charge on any atom is 0.320 e. The van der Waals surface area contributed by atoms with E-state index in [4.69, 9.17) is 4.74 Å². The normalized spacial score (nSPS) is 29.4. The molecule has 2 unspecified atom stereocenters. The molecule has 3 nitrogen and oxygen atoms in total. The van der Waals surface area contributed by atoms with E-state index in [2.05, 4.69) is 12.2 Å². The molecule has 3 heteroatoms. The van der Waals surface area contributed by atoms with Crippen molar-refractivity contribution in [2.75, 3.05) is 6.54 Å². The Morgan fingerprint density at radius 3 is 2.50 bits per heavy atom. The molecule has 0 aromatic heterocycles. The van der Waals surface area contributed by atoms with Crippen molar-refractivity contribution in [3.8, 4) is 0 Å². The summed E-state index contributed by atoms with van der Waals surface area (Å²) >= 11 is 0. The number of hydrogen-bond acceptors (Lipinski definition) is 3. The third-order valence-electron chi connectivity index (χ3n) is 4.54. The zero-order valence-electron chi connectivity index (χ0n) is 11.6. The standard InChI is InChI=1S/C15H27NO2/c1-2-12-7-3-6-10-14(12)18-15(17)11-16-13-8-4-5-9-13/h12-14,16H,2-11H2,1H3. The predicted octanol–water partition coefficient (Wildman–Crippen LogP) is 3.03. The summed E-state index contributed by atoms with van der Waals surface area (Å²) in [4.78, 5) is 11.8. The molecule has 0 bridgehead atoms. The van der Waals surface area contributed by atoms with Gasteiger partial charge in [-0.2, -0.15) is 0 Å². The van der Waals surface area contributed by atoms with Gasteiger partial charge in [-0.05, 0) is 44.4 Å². The smallest absolute Gasteiger partial charge is 0.320 e. The highest BCUT2D eigenvalue weighted by molar-refractivity contribution is 5.71. The van der Waals surface area contributed by atoms with E-state index in [1.807, 2.05) is 0 Å². The van der Waals surface area contributed by atoms with Crippen molar-refractivity contribution >= 4 is 5.97 Å².